The number of hydrogen-bond donors (Lipinski definition) is 0. The monoisotopic (exact) mass is 518 g/mol. The van der Waals surface area contributed by atoms with Gasteiger partial charge in [-0.05, 0) is 39.7 Å². The molecule has 0 aliphatic carbocycles. The van der Waals surface area contributed by atoms with Crippen molar-refractivity contribution >= 4 is 40.8 Å². The molecule has 0 N–H and O–H groups in total. The summed E-state index contributed by atoms with van der Waals surface area (Å²) in [5.41, 5.74) is 2.69. The zero-order chi connectivity index (χ0) is 26.2. The normalized spacial score (nSPS) is 16.5. The summed E-state index contributed by atoms with van der Waals surface area (Å²) in [6.07, 6.45) is 3.69. The van der Waals surface area contributed by atoms with Gasteiger partial charge in [-0.1, -0.05) is 11.6 Å². The largest absolute Gasteiger partial charge is 0.443 e. The molecule has 0 radical (unpaired) electrons. The number of fused-ring (bicyclic) bond motifs is 1. The zero-order valence-corrected chi connectivity index (χ0v) is 22.6. The molecule has 1 saturated heterocycles. The molecule has 10 nitrogen and oxygen atoms in total. The molecule has 0 bridgehead atoms. The van der Waals surface area contributed by atoms with Gasteiger partial charge in [0.2, 0.25) is 5.91 Å². The van der Waals surface area contributed by atoms with Crippen LogP contribution in [0.1, 0.15) is 57.8 Å². The third-order valence-corrected chi connectivity index (χ3v) is 6.88. The lowest BCUT2D eigenvalue weighted by Crippen LogP contribution is -2.35. The lowest BCUT2D eigenvalue weighted by Gasteiger charge is -2.30. The van der Waals surface area contributed by atoms with Crippen molar-refractivity contribution in [2.24, 2.45) is 0 Å². The van der Waals surface area contributed by atoms with Gasteiger partial charge in [0, 0.05) is 58.5 Å². The van der Waals surface area contributed by atoms with Crippen molar-refractivity contribution in [1.29, 1.82) is 0 Å². The van der Waals surface area contributed by atoms with Crippen LogP contribution < -0.4 is 9.80 Å². The summed E-state index contributed by atoms with van der Waals surface area (Å²) in [5.74, 6) is 0.805. The second kappa shape index (κ2) is 10.3. The summed E-state index contributed by atoms with van der Waals surface area (Å²) >= 11 is 6.38. The Balaban J connectivity index is 1.70. The smallest absolute Gasteiger partial charge is 0.414 e. The first kappa shape index (κ1) is 26.2. The van der Waals surface area contributed by atoms with E-state index in [1.54, 1.807) is 26.2 Å². The van der Waals surface area contributed by atoms with Crippen LogP contribution in [0.15, 0.2) is 12.3 Å². The first-order valence-corrected chi connectivity index (χ1v) is 12.6. The molecule has 0 spiro atoms. The van der Waals surface area contributed by atoms with Gasteiger partial charge in [-0.25, -0.2) is 9.78 Å². The van der Waals surface area contributed by atoms with Crippen LogP contribution in [0.3, 0.4) is 0 Å². The number of rotatable bonds is 4. The first-order valence-electron chi connectivity index (χ1n) is 12.3. The van der Waals surface area contributed by atoms with Gasteiger partial charge in [0.1, 0.15) is 5.60 Å². The van der Waals surface area contributed by atoms with E-state index in [1.165, 1.54) is 4.90 Å². The zero-order valence-electron chi connectivity index (χ0n) is 21.9. The summed E-state index contributed by atoms with van der Waals surface area (Å²) in [6.45, 7) is 9.63. The van der Waals surface area contributed by atoms with E-state index < -0.39 is 11.7 Å². The predicted molar refractivity (Wildman–Crippen MR) is 138 cm³/mol. The average molecular weight is 519 g/mol. The third-order valence-electron chi connectivity index (χ3n) is 6.59. The van der Waals surface area contributed by atoms with E-state index in [-0.39, 0.29) is 17.1 Å². The van der Waals surface area contributed by atoms with Crippen molar-refractivity contribution in [3.63, 3.8) is 0 Å². The molecule has 2 amide bonds. The summed E-state index contributed by atoms with van der Waals surface area (Å²) in [6, 6.07) is 2.06. The highest BCUT2D eigenvalue weighted by Gasteiger charge is 2.32. The maximum Gasteiger partial charge on any atom is 0.414 e. The molecule has 2 aliphatic rings. The van der Waals surface area contributed by atoms with Gasteiger partial charge in [-0.15, -0.1) is 0 Å². The second-order valence-electron chi connectivity index (χ2n) is 10.3. The summed E-state index contributed by atoms with van der Waals surface area (Å²) in [5, 5.41) is 5.24. The second-order valence-corrected chi connectivity index (χ2v) is 10.7. The number of pyridine rings is 1. The fourth-order valence-corrected chi connectivity index (χ4v) is 4.82. The number of halogens is 1. The van der Waals surface area contributed by atoms with Crippen LogP contribution in [-0.2, 0) is 27.2 Å². The number of hydrogen-bond acceptors (Lipinski definition) is 7. The van der Waals surface area contributed by atoms with Crippen molar-refractivity contribution in [1.82, 2.24) is 19.7 Å². The van der Waals surface area contributed by atoms with Gasteiger partial charge in [0.25, 0.3) is 0 Å². The molecule has 2 aliphatic heterocycles. The van der Waals surface area contributed by atoms with E-state index in [2.05, 4.69) is 9.67 Å². The lowest BCUT2D eigenvalue weighted by molar-refractivity contribution is -0.129. The van der Waals surface area contributed by atoms with Gasteiger partial charge in [-0.2, -0.15) is 5.10 Å². The summed E-state index contributed by atoms with van der Waals surface area (Å²) in [4.78, 5) is 34.3. The molecule has 36 heavy (non-hydrogen) atoms. The maximum absolute atomic E-state index is 12.7. The molecule has 0 saturated carbocycles. The van der Waals surface area contributed by atoms with E-state index >= 15 is 0 Å². The number of carbonyl (C=O) groups is 2. The quantitative estimate of drug-likeness (QED) is 0.556. The molecule has 0 unspecified atom stereocenters. The highest BCUT2D eigenvalue weighted by Crippen LogP contribution is 2.37. The van der Waals surface area contributed by atoms with Crippen LogP contribution in [0.25, 0.3) is 0 Å². The maximum atomic E-state index is 12.7. The Morgan fingerprint density at radius 1 is 1.22 bits per heavy atom. The Bertz CT molecular complexity index is 1140. The lowest BCUT2D eigenvalue weighted by atomic mass is 10.0. The van der Waals surface area contributed by atoms with Gasteiger partial charge in [0.15, 0.2) is 11.0 Å². The number of aromatic nitrogens is 3. The van der Waals surface area contributed by atoms with Crippen LogP contribution in [0, 0.1) is 0 Å². The van der Waals surface area contributed by atoms with E-state index in [4.69, 9.17) is 26.2 Å². The number of carbonyl (C=O) groups excluding carboxylic acids is 2. The molecule has 0 aromatic carbocycles. The fraction of sp³-hybridized carbons (Fsp3) is 0.600. The van der Waals surface area contributed by atoms with Crippen LogP contribution in [-0.4, -0.2) is 71.1 Å². The van der Waals surface area contributed by atoms with Gasteiger partial charge < -0.3 is 19.3 Å². The number of anilines is 3. The highest BCUT2D eigenvalue weighted by molar-refractivity contribution is 6.32. The Labute approximate surface area is 217 Å². The molecule has 196 valence electrons. The predicted octanol–water partition coefficient (Wildman–Crippen LogP) is 4.33. The van der Waals surface area contributed by atoms with Crippen LogP contribution in [0.5, 0.6) is 0 Å². The Morgan fingerprint density at radius 3 is 2.56 bits per heavy atom. The molecule has 4 rings (SSSR count). The standard InChI is InChI=1S/C25H35ClN6O4/c1-16(33)31-10-7-20-19(15-31)23(28-32(20)17-8-11-35-12-9-17)29(5)18-13-21(22(26)27-14-18)30(6)24(34)36-25(2,3)4/h13-14,17H,7-12,15H2,1-6H3. The fourth-order valence-electron chi connectivity index (χ4n) is 4.59. The molecular formula is C25H35ClN6O4. The van der Waals surface area contributed by atoms with E-state index in [9.17, 15) is 9.59 Å². The third kappa shape index (κ3) is 5.44. The molecule has 0 atom stereocenters. The minimum atomic E-state index is -0.641. The van der Waals surface area contributed by atoms with Crippen molar-refractivity contribution in [2.45, 2.75) is 65.1 Å². The van der Waals surface area contributed by atoms with Crippen molar-refractivity contribution in [3.05, 3.63) is 28.7 Å². The number of amides is 2. The number of ether oxygens (including phenoxy) is 2. The van der Waals surface area contributed by atoms with Gasteiger partial charge >= 0.3 is 6.09 Å². The minimum absolute atomic E-state index is 0.0440. The molecule has 2 aromatic heterocycles. The Kier molecular flexibility index (Phi) is 7.47. The van der Waals surface area contributed by atoms with Crippen molar-refractivity contribution in [2.75, 3.05) is 43.7 Å². The summed E-state index contributed by atoms with van der Waals surface area (Å²) in [7, 11) is 3.51. The first-order chi connectivity index (χ1) is 17.0. The summed E-state index contributed by atoms with van der Waals surface area (Å²) < 4.78 is 13.2. The molecule has 1 fully saturated rings. The average Bonchev–Trinajstić information content (AvgIpc) is 3.22. The van der Waals surface area contributed by atoms with Crippen LogP contribution in [0.2, 0.25) is 5.15 Å². The van der Waals surface area contributed by atoms with E-state index in [0.29, 0.717) is 37.7 Å². The molecular weight excluding hydrogens is 484 g/mol. The van der Waals surface area contributed by atoms with Gasteiger partial charge in [-0.3, -0.25) is 14.4 Å². The van der Waals surface area contributed by atoms with Crippen molar-refractivity contribution in [3.8, 4) is 0 Å². The van der Waals surface area contributed by atoms with Crippen LogP contribution in [0.4, 0.5) is 22.0 Å². The molecule has 4 heterocycles. The Morgan fingerprint density at radius 2 is 1.92 bits per heavy atom. The molecule has 2 aromatic rings. The van der Waals surface area contributed by atoms with Crippen LogP contribution >= 0.6 is 11.6 Å². The topological polar surface area (TPSA) is 93.0 Å². The minimum Gasteiger partial charge on any atom is -0.443 e. The van der Waals surface area contributed by atoms with Crippen molar-refractivity contribution < 1.29 is 19.1 Å². The van der Waals surface area contributed by atoms with Gasteiger partial charge in [0.05, 0.1) is 30.2 Å². The van der Waals surface area contributed by atoms with E-state index in [0.717, 1.165) is 36.3 Å². The SMILES string of the molecule is CC(=O)N1CCc2c(c(N(C)c3cnc(Cl)c(N(C)C(=O)OC(C)(C)C)c3)nn2C2CCOCC2)C1. The van der Waals surface area contributed by atoms with E-state index in [1.807, 2.05) is 37.6 Å². The Hall–Kier alpha value is -2.85. The molecule has 11 heteroatoms. The highest BCUT2D eigenvalue weighted by atomic mass is 35.5. The number of nitrogens with zero attached hydrogens (tertiary/aromatic N) is 6.